The van der Waals surface area contributed by atoms with Gasteiger partial charge in [-0.1, -0.05) is 6.07 Å². The predicted octanol–water partition coefficient (Wildman–Crippen LogP) is 3.73. The van der Waals surface area contributed by atoms with E-state index in [-0.39, 0.29) is 23.5 Å². The maximum absolute atomic E-state index is 13.5. The van der Waals surface area contributed by atoms with Crippen molar-refractivity contribution < 1.29 is 14.0 Å². The van der Waals surface area contributed by atoms with E-state index in [1.54, 1.807) is 43.3 Å². The van der Waals surface area contributed by atoms with Gasteiger partial charge in [0.15, 0.2) is 0 Å². The molecule has 4 nitrogen and oxygen atoms in total. The van der Waals surface area contributed by atoms with Crippen molar-refractivity contribution in [2.75, 3.05) is 10.6 Å². The van der Waals surface area contributed by atoms with E-state index in [1.165, 1.54) is 6.07 Å². The first-order valence-corrected chi connectivity index (χ1v) is 7.51. The fraction of sp³-hybridized carbons (Fsp3) is 0.222. The monoisotopic (exact) mass is 312 g/mol. The summed E-state index contributed by atoms with van der Waals surface area (Å²) >= 11 is 0. The zero-order valence-electron chi connectivity index (χ0n) is 12.7. The molecule has 2 aromatic rings. The zero-order chi connectivity index (χ0) is 16.4. The molecule has 2 N–H and O–H groups in total. The van der Waals surface area contributed by atoms with Crippen LogP contribution < -0.4 is 10.6 Å². The van der Waals surface area contributed by atoms with E-state index in [0.29, 0.717) is 22.5 Å². The van der Waals surface area contributed by atoms with E-state index < -0.39 is 0 Å². The Morgan fingerprint density at radius 3 is 2.26 bits per heavy atom. The number of benzene rings is 2. The number of nitrogens with one attached hydrogen (secondary N) is 2. The molecular formula is C18H17FN2O2. The Morgan fingerprint density at radius 2 is 1.65 bits per heavy atom. The highest BCUT2D eigenvalue weighted by Gasteiger charge is 2.29. The summed E-state index contributed by atoms with van der Waals surface area (Å²) in [5.74, 6) is -0.527. The molecule has 5 heteroatoms. The Labute approximate surface area is 133 Å². The smallest absolute Gasteiger partial charge is 0.255 e. The van der Waals surface area contributed by atoms with Crippen LogP contribution in [-0.2, 0) is 4.79 Å². The standard InChI is InChI=1S/C18H17FN2O2/c1-11-2-7-15(10-16(11)19)21-18(23)13-5-8-14(9-6-13)20-17(22)12-3-4-12/h2,5-10,12H,3-4H2,1H3,(H,20,22)(H,21,23). The van der Waals surface area contributed by atoms with Crippen molar-refractivity contribution in [1.29, 1.82) is 0 Å². The average molecular weight is 312 g/mol. The van der Waals surface area contributed by atoms with E-state index >= 15 is 0 Å². The van der Waals surface area contributed by atoms with Gasteiger partial charge in [-0.2, -0.15) is 0 Å². The number of hydrogen-bond donors (Lipinski definition) is 2. The van der Waals surface area contributed by atoms with E-state index in [2.05, 4.69) is 10.6 Å². The van der Waals surface area contributed by atoms with Gasteiger partial charge in [-0.05, 0) is 61.7 Å². The first kappa shape index (κ1) is 15.2. The number of halogens is 1. The van der Waals surface area contributed by atoms with Crippen molar-refractivity contribution in [1.82, 2.24) is 0 Å². The molecule has 0 atom stereocenters. The lowest BCUT2D eigenvalue weighted by molar-refractivity contribution is -0.117. The van der Waals surface area contributed by atoms with Crippen LogP contribution in [0, 0.1) is 18.7 Å². The summed E-state index contributed by atoms with van der Waals surface area (Å²) in [6.45, 7) is 1.66. The van der Waals surface area contributed by atoms with Gasteiger partial charge in [-0.3, -0.25) is 9.59 Å². The second-order valence-electron chi connectivity index (χ2n) is 5.76. The first-order valence-electron chi connectivity index (χ1n) is 7.51. The number of carbonyl (C=O) groups excluding carboxylic acids is 2. The third kappa shape index (κ3) is 3.74. The van der Waals surface area contributed by atoms with Crippen LogP contribution in [0.4, 0.5) is 15.8 Å². The summed E-state index contributed by atoms with van der Waals surface area (Å²) < 4.78 is 13.5. The fourth-order valence-corrected chi connectivity index (χ4v) is 2.17. The van der Waals surface area contributed by atoms with Crippen LogP contribution in [0.25, 0.3) is 0 Å². The van der Waals surface area contributed by atoms with Gasteiger partial charge >= 0.3 is 0 Å². The molecule has 0 bridgehead atoms. The van der Waals surface area contributed by atoms with Gasteiger partial charge in [0.25, 0.3) is 5.91 Å². The highest BCUT2D eigenvalue weighted by atomic mass is 19.1. The van der Waals surface area contributed by atoms with Crippen molar-refractivity contribution >= 4 is 23.2 Å². The zero-order valence-corrected chi connectivity index (χ0v) is 12.7. The minimum atomic E-state index is -0.360. The second kappa shape index (κ2) is 6.20. The van der Waals surface area contributed by atoms with Crippen molar-refractivity contribution in [2.45, 2.75) is 19.8 Å². The summed E-state index contributed by atoms with van der Waals surface area (Å²) in [5.41, 5.74) is 2.04. The lowest BCUT2D eigenvalue weighted by atomic mass is 10.1. The maximum atomic E-state index is 13.5. The minimum Gasteiger partial charge on any atom is -0.326 e. The van der Waals surface area contributed by atoms with Gasteiger partial charge in [0.2, 0.25) is 5.91 Å². The molecule has 1 aliphatic carbocycles. The number of amides is 2. The molecule has 23 heavy (non-hydrogen) atoms. The fourth-order valence-electron chi connectivity index (χ4n) is 2.17. The molecule has 118 valence electrons. The van der Waals surface area contributed by atoms with Gasteiger partial charge in [0.1, 0.15) is 5.82 Å². The molecule has 0 aromatic heterocycles. The molecule has 3 rings (SSSR count). The van der Waals surface area contributed by atoms with Gasteiger partial charge in [0.05, 0.1) is 0 Å². The summed E-state index contributed by atoms with van der Waals surface area (Å²) in [7, 11) is 0. The van der Waals surface area contributed by atoms with Gasteiger partial charge in [-0.25, -0.2) is 4.39 Å². The molecule has 0 saturated heterocycles. The van der Waals surface area contributed by atoms with Crippen LogP contribution in [-0.4, -0.2) is 11.8 Å². The van der Waals surface area contributed by atoms with Gasteiger partial charge in [0, 0.05) is 22.9 Å². The quantitative estimate of drug-likeness (QED) is 0.903. The summed E-state index contributed by atoms with van der Waals surface area (Å²) in [5, 5.41) is 5.46. The number of rotatable bonds is 4. The van der Waals surface area contributed by atoms with E-state index in [1.807, 2.05) is 0 Å². The van der Waals surface area contributed by atoms with Crippen molar-refractivity contribution in [3.05, 3.63) is 59.4 Å². The van der Waals surface area contributed by atoms with Gasteiger partial charge < -0.3 is 10.6 Å². The first-order chi connectivity index (χ1) is 11.0. The molecule has 0 radical (unpaired) electrons. The normalized spacial score (nSPS) is 13.5. The number of carbonyl (C=O) groups is 2. The van der Waals surface area contributed by atoms with Crippen LogP contribution in [0.5, 0.6) is 0 Å². The largest absolute Gasteiger partial charge is 0.326 e. The Balaban J connectivity index is 1.64. The van der Waals surface area contributed by atoms with E-state index in [0.717, 1.165) is 12.8 Å². The molecule has 1 aliphatic rings. The average Bonchev–Trinajstić information content (AvgIpc) is 3.36. The van der Waals surface area contributed by atoms with Crippen LogP contribution in [0.3, 0.4) is 0 Å². The maximum Gasteiger partial charge on any atom is 0.255 e. The van der Waals surface area contributed by atoms with Crippen LogP contribution in [0.15, 0.2) is 42.5 Å². The lowest BCUT2D eigenvalue weighted by Gasteiger charge is -2.08. The Morgan fingerprint density at radius 1 is 1.00 bits per heavy atom. The Hall–Kier alpha value is -2.69. The van der Waals surface area contributed by atoms with Crippen molar-refractivity contribution in [3.63, 3.8) is 0 Å². The molecule has 2 amide bonds. The van der Waals surface area contributed by atoms with Crippen molar-refractivity contribution in [2.24, 2.45) is 5.92 Å². The lowest BCUT2D eigenvalue weighted by Crippen LogP contribution is -2.14. The molecular weight excluding hydrogens is 295 g/mol. The summed E-state index contributed by atoms with van der Waals surface area (Å²) in [6.07, 6.45) is 1.89. The Kier molecular flexibility index (Phi) is 4.10. The molecule has 1 fully saturated rings. The van der Waals surface area contributed by atoms with Crippen LogP contribution >= 0.6 is 0 Å². The summed E-state index contributed by atoms with van der Waals surface area (Å²) in [4.78, 5) is 23.8. The van der Waals surface area contributed by atoms with E-state index in [4.69, 9.17) is 0 Å². The minimum absolute atomic E-state index is 0.0253. The molecule has 0 aliphatic heterocycles. The van der Waals surface area contributed by atoms with Gasteiger partial charge in [-0.15, -0.1) is 0 Å². The molecule has 2 aromatic carbocycles. The number of aryl methyl sites for hydroxylation is 1. The number of hydrogen-bond acceptors (Lipinski definition) is 2. The van der Waals surface area contributed by atoms with Crippen LogP contribution in [0.1, 0.15) is 28.8 Å². The molecule has 0 heterocycles. The molecule has 0 unspecified atom stereocenters. The third-order valence-corrected chi connectivity index (χ3v) is 3.79. The predicted molar refractivity (Wildman–Crippen MR) is 86.9 cm³/mol. The second-order valence-corrected chi connectivity index (χ2v) is 5.76. The highest BCUT2D eigenvalue weighted by molar-refractivity contribution is 6.04. The topological polar surface area (TPSA) is 58.2 Å². The van der Waals surface area contributed by atoms with E-state index in [9.17, 15) is 14.0 Å². The molecule has 1 saturated carbocycles. The Bertz CT molecular complexity index is 752. The highest BCUT2D eigenvalue weighted by Crippen LogP contribution is 2.30. The number of anilines is 2. The SMILES string of the molecule is Cc1ccc(NC(=O)c2ccc(NC(=O)C3CC3)cc2)cc1F. The third-order valence-electron chi connectivity index (χ3n) is 3.79. The van der Waals surface area contributed by atoms with Crippen LogP contribution in [0.2, 0.25) is 0 Å². The molecule has 0 spiro atoms. The van der Waals surface area contributed by atoms with Crippen molar-refractivity contribution in [3.8, 4) is 0 Å². The summed E-state index contributed by atoms with van der Waals surface area (Å²) in [6, 6.07) is 11.2.